The van der Waals surface area contributed by atoms with Crippen LogP contribution in [0.4, 0.5) is 0 Å². The predicted molar refractivity (Wildman–Crippen MR) is 88.1 cm³/mol. The third kappa shape index (κ3) is 3.32. The van der Waals surface area contributed by atoms with Crippen molar-refractivity contribution in [3.63, 3.8) is 0 Å². The van der Waals surface area contributed by atoms with Gasteiger partial charge in [0.05, 0.1) is 6.54 Å². The third-order valence-electron chi connectivity index (χ3n) is 4.58. The van der Waals surface area contributed by atoms with Crippen LogP contribution in [0.1, 0.15) is 41.9 Å². The van der Waals surface area contributed by atoms with E-state index in [0.717, 1.165) is 17.7 Å². The van der Waals surface area contributed by atoms with Crippen molar-refractivity contribution in [2.24, 2.45) is 5.92 Å². The van der Waals surface area contributed by atoms with Crippen molar-refractivity contribution < 1.29 is 14.3 Å². The Morgan fingerprint density at radius 2 is 2.04 bits per heavy atom. The number of furan rings is 1. The zero-order valence-electron chi connectivity index (χ0n) is 13.8. The Balaban J connectivity index is 1.58. The molecule has 1 aliphatic carbocycles. The lowest BCUT2D eigenvalue weighted by atomic mass is 9.96. The highest BCUT2D eigenvalue weighted by atomic mass is 16.3. The summed E-state index contributed by atoms with van der Waals surface area (Å²) in [6.45, 7) is 5.56. The standard InChI is InChI=1S/C19H23NO3/c1-12-9-17(13(2)23-12)19(3,22)11-20-18(21)16-10-15(16)14-7-5-4-6-8-14/h4-9,15-16,22H,10-11H2,1-3H3,(H,20,21). The summed E-state index contributed by atoms with van der Waals surface area (Å²) in [5.41, 5.74) is 0.806. The second kappa shape index (κ2) is 5.85. The summed E-state index contributed by atoms with van der Waals surface area (Å²) in [6, 6.07) is 11.9. The molecular formula is C19H23NO3. The van der Waals surface area contributed by atoms with Crippen LogP contribution >= 0.6 is 0 Å². The van der Waals surface area contributed by atoms with E-state index in [9.17, 15) is 9.90 Å². The molecule has 23 heavy (non-hydrogen) atoms. The van der Waals surface area contributed by atoms with Gasteiger partial charge in [0.1, 0.15) is 17.1 Å². The molecule has 1 saturated carbocycles. The minimum Gasteiger partial charge on any atom is -0.466 e. The smallest absolute Gasteiger partial charge is 0.223 e. The van der Waals surface area contributed by atoms with Crippen LogP contribution in [-0.2, 0) is 10.4 Å². The summed E-state index contributed by atoms with van der Waals surface area (Å²) in [5.74, 6) is 1.78. The molecule has 1 amide bonds. The first-order chi connectivity index (χ1) is 10.9. The van der Waals surface area contributed by atoms with Crippen LogP contribution in [-0.4, -0.2) is 17.6 Å². The van der Waals surface area contributed by atoms with Crippen molar-refractivity contribution in [3.05, 3.63) is 59.0 Å². The van der Waals surface area contributed by atoms with E-state index in [1.807, 2.05) is 38.1 Å². The fourth-order valence-corrected chi connectivity index (χ4v) is 3.20. The van der Waals surface area contributed by atoms with Gasteiger partial charge in [0, 0.05) is 11.5 Å². The number of carbonyl (C=O) groups excluding carboxylic acids is 1. The topological polar surface area (TPSA) is 62.5 Å². The van der Waals surface area contributed by atoms with Crippen molar-refractivity contribution in [1.29, 1.82) is 0 Å². The molecule has 1 aromatic carbocycles. The minimum atomic E-state index is -1.13. The number of aliphatic hydroxyl groups is 1. The highest BCUT2D eigenvalue weighted by molar-refractivity contribution is 5.83. The van der Waals surface area contributed by atoms with Crippen LogP contribution in [0.25, 0.3) is 0 Å². The number of carbonyl (C=O) groups is 1. The molecule has 3 rings (SSSR count). The van der Waals surface area contributed by atoms with Gasteiger partial charge in [-0.15, -0.1) is 0 Å². The van der Waals surface area contributed by atoms with Crippen molar-refractivity contribution in [1.82, 2.24) is 5.32 Å². The molecule has 0 saturated heterocycles. The average molecular weight is 313 g/mol. The Morgan fingerprint density at radius 3 is 2.65 bits per heavy atom. The number of amides is 1. The number of rotatable bonds is 5. The highest BCUT2D eigenvalue weighted by Crippen LogP contribution is 2.47. The monoisotopic (exact) mass is 313 g/mol. The van der Waals surface area contributed by atoms with Crippen molar-refractivity contribution in [2.45, 2.75) is 38.7 Å². The maximum Gasteiger partial charge on any atom is 0.223 e. The van der Waals surface area contributed by atoms with E-state index in [2.05, 4.69) is 17.4 Å². The number of aryl methyl sites for hydroxylation is 2. The van der Waals surface area contributed by atoms with Gasteiger partial charge in [-0.3, -0.25) is 4.79 Å². The van der Waals surface area contributed by atoms with Gasteiger partial charge >= 0.3 is 0 Å². The Bertz CT molecular complexity index is 703. The second-order valence-corrected chi connectivity index (χ2v) is 6.68. The Hall–Kier alpha value is -2.07. The largest absolute Gasteiger partial charge is 0.466 e. The summed E-state index contributed by atoms with van der Waals surface area (Å²) in [6.07, 6.45) is 0.877. The SMILES string of the molecule is Cc1cc(C(C)(O)CNC(=O)C2CC2c2ccccc2)c(C)o1. The van der Waals surface area contributed by atoms with E-state index in [4.69, 9.17) is 4.42 Å². The molecule has 1 fully saturated rings. The van der Waals surface area contributed by atoms with Crippen LogP contribution in [0.5, 0.6) is 0 Å². The van der Waals surface area contributed by atoms with Gasteiger partial charge in [-0.1, -0.05) is 30.3 Å². The van der Waals surface area contributed by atoms with Gasteiger partial charge in [-0.05, 0) is 44.7 Å². The third-order valence-corrected chi connectivity index (χ3v) is 4.58. The Labute approximate surface area is 136 Å². The second-order valence-electron chi connectivity index (χ2n) is 6.68. The number of hydrogen-bond donors (Lipinski definition) is 2. The molecule has 3 atom stereocenters. The van der Waals surface area contributed by atoms with Gasteiger partial charge in [0.25, 0.3) is 0 Å². The van der Waals surface area contributed by atoms with Gasteiger partial charge < -0.3 is 14.8 Å². The number of nitrogens with one attached hydrogen (secondary N) is 1. The number of benzene rings is 1. The molecule has 0 spiro atoms. The Kier molecular flexibility index (Phi) is 4.02. The van der Waals surface area contributed by atoms with Gasteiger partial charge in [-0.2, -0.15) is 0 Å². The van der Waals surface area contributed by atoms with Crippen LogP contribution < -0.4 is 5.32 Å². The summed E-state index contributed by atoms with van der Waals surface area (Å²) < 4.78 is 5.47. The zero-order chi connectivity index (χ0) is 16.6. The van der Waals surface area contributed by atoms with Gasteiger partial charge in [-0.25, -0.2) is 0 Å². The summed E-state index contributed by atoms with van der Waals surface area (Å²) in [5, 5.41) is 13.5. The molecule has 4 heteroatoms. The number of hydrogen-bond acceptors (Lipinski definition) is 3. The maximum absolute atomic E-state index is 12.3. The molecule has 3 unspecified atom stereocenters. The predicted octanol–water partition coefficient (Wildman–Crippen LogP) is 3.02. The maximum atomic E-state index is 12.3. The molecule has 4 nitrogen and oxygen atoms in total. The molecule has 0 aliphatic heterocycles. The molecular weight excluding hydrogens is 290 g/mol. The fraction of sp³-hybridized carbons (Fsp3) is 0.421. The fourth-order valence-electron chi connectivity index (χ4n) is 3.20. The molecule has 0 bridgehead atoms. The molecule has 122 valence electrons. The summed E-state index contributed by atoms with van der Waals surface area (Å²) in [7, 11) is 0. The molecule has 0 radical (unpaired) electrons. The lowest BCUT2D eigenvalue weighted by Gasteiger charge is -2.23. The van der Waals surface area contributed by atoms with Crippen LogP contribution in [0.3, 0.4) is 0 Å². The van der Waals surface area contributed by atoms with Gasteiger partial charge in [0.15, 0.2) is 0 Å². The first-order valence-corrected chi connectivity index (χ1v) is 8.01. The molecule has 1 aliphatic rings. The summed E-state index contributed by atoms with van der Waals surface area (Å²) >= 11 is 0. The Morgan fingerprint density at radius 1 is 1.35 bits per heavy atom. The normalized spacial score (nSPS) is 22.4. The van der Waals surface area contributed by atoms with Crippen LogP contribution in [0, 0.1) is 19.8 Å². The first kappa shape index (κ1) is 15.8. The average Bonchev–Trinajstić information content (AvgIpc) is 3.24. The van der Waals surface area contributed by atoms with Crippen LogP contribution in [0.2, 0.25) is 0 Å². The lowest BCUT2D eigenvalue weighted by molar-refractivity contribution is -0.123. The van der Waals surface area contributed by atoms with E-state index < -0.39 is 5.60 Å². The van der Waals surface area contributed by atoms with E-state index >= 15 is 0 Å². The highest BCUT2D eigenvalue weighted by Gasteiger charge is 2.44. The molecule has 1 heterocycles. The zero-order valence-corrected chi connectivity index (χ0v) is 13.8. The minimum absolute atomic E-state index is 0.0111. The first-order valence-electron chi connectivity index (χ1n) is 8.01. The molecule has 2 N–H and O–H groups in total. The van der Waals surface area contributed by atoms with Crippen LogP contribution in [0.15, 0.2) is 40.8 Å². The quantitative estimate of drug-likeness (QED) is 0.892. The van der Waals surface area contributed by atoms with Gasteiger partial charge in [0.2, 0.25) is 5.91 Å². The van der Waals surface area contributed by atoms with Crippen molar-refractivity contribution in [3.8, 4) is 0 Å². The molecule has 1 aromatic heterocycles. The van der Waals surface area contributed by atoms with E-state index in [1.54, 1.807) is 6.92 Å². The van der Waals surface area contributed by atoms with E-state index in [0.29, 0.717) is 11.7 Å². The summed E-state index contributed by atoms with van der Waals surface area (Å²) in [4.78, 5) is 12.3. The van der Waals surface area contributed by atoms with E-state index in [1.165, 1.54) is 5.56 Å². The van der Waals surface area contributed by atoms with Crippen molar-refractivity contribution in [2.75, 3.05) is 6.54 Å². The molecule has 2 aromatic rings. The van der Waals surface area contributed by atoms with Crippen molar-refractivity contribution >= 4 is 5.91 Å². The van der Waals surface area contributed by atoms with E-state index in [-0.39, 0.29) is 18.4 Å². The lowest BCUT2D eigenvalue weighted by Crippen LogP contribution is -2.39.